The zero-order valence-electron chi connectivity index (χ0n) is 13.1. The van der Waals surface area contributed by atoms with Crippen molar-refractivity contribution in [3.05, 3.63) is 75.7 Å². The van der Waals surface area contributed by atoms with Crippen molar-refractivity contribution in [2.24, 2.45) is 0 Å². The van der Waals surface area contributed by atoms with Crippen LogP contribution >= 0.6 is 31.9 Å². The van der Waals surface area contributed by atoms with Crippen molar-refractivity contribution in [3.8, 4) is 0 Å². The predicted octanol–water partition coefficient (Wildman–Crippen LogP) is 7.51. The minimum Gasteiger partial charge on any atom is -0.308 e. The number of para-hydroxylation sites is 1. The van der Waals surface area contributed by atoms with Crippen molar-refractivity contribution < 1.29 is 0 Å². The zero-order chi connectivity index (χ0) is 16.7. The highest BCUT2D eigenvalue weighted by Crippen LogP contribution is 2.42. The van der Waals surface area contributed by atoms with Crippen LogP contribution in [0.5, 0.6) is 0 Å². The van der Waals surface area contributed by atoms with E-state index < -0.39 is 0 Å². The van der Waals surface area contributed by atoms with Gasteiger partial charge in [0.25, 0.3) is 0 Å². The number of halogens is 2. The smallest absolute Gasteiger partial charge is 0.0619 e. The first-order valence-corrected chi connectivity index (χ1v) is 9.77. The fraction of sp³-hybridized carbons (Fsp3) is 0. The summed E-state index contributed by atoms with van der Waals surface area (Å²) in [7, 11) is 0. The fourth-order valence-electron chi connectivity index (χ4n) is 4.27. The van der Waals surface area contributed by atoms with Crippen LogP contribution in [0.3, 0.4) is 0 Å². The highest BCUT2D eigenvalue weighted by molar-refractivity contribution is 9.11. The molecular formula is C22H11Br2N. The van der Waals surface area contributed by atoms with Crippen molar-refractivity contribution in [2.75, 3.05) is 0 Å². The molecular weight excluding hydrogens is 438 g/mol. The number of pyridine rings is 1. The number of rotatable bonds is 0. The minimum atomic E-state index is 1.11. The lowest BCUT2D eigenvalue weighted by Gasteiger charge is -2.13. The van der Waals surface area contributed by atoms with Gasteiger partial charge in [-0.25, -0.2) is 0 Å². The Morgan fingerprint density at radius 1 is 0.600 bits per heavy atom. The van der Waals surface area contributed by atoms with Gasteiger partial charge in [0.05, 0.1) is 16.6 Å². The average molecular weight is 449 g/mol. The minimum absolute atomic E-state index is 1.11. The van der Waals surface area contributed by atoms with E-state index in [9.17, 15) is 0 Å². The molecule has 2 aromatic heterocycles. The predicted molar refractivity (Wildman–Crippen MR) is 114 cm³/mol. The third-order valence-corrected chi connectivity index (χ3v) is 6.43. The van der Waals surface area contributed by atoms with Gasteiger partial charge in [0.15, 0.2) is 0 Å². The van der Waals surface area contributed by atoms with E-state index in [-0.39, 0.29) is 0 Å². The first-order valence-electron chi connectivity index (χ1n) is 8.19. The first kappa shape index (κ1) is 14.1. The van der Waals surface area contributed by atoms with Crippen LogP contribution in [0.4, 0.5) is 0 Å². The van der Waals surface area contributed by atoms with Crippen molar-refractivity contribution in [3.63, 3.8) is 0 Å². The Balaban J connectivity index is 2.11. The maximum Gasteiger partial charge on any atom is 0.0619 e. The van der Waals surface area contributed by atoms with Gasteiger partial charge in [-0.15, -0.1) is 0 Å². The molecule has 0 atom stereocenters. The quantitative estimate of drug-likeness (QED) is 0.167. The van der Waals surface area contributed by atoms with Gasteiger partial charge in [0.2, 0.25) is 0 Å². The lowest BCUT2D eigenvalue weighted by molar-refractivity contribution is 1.35. The van der Waals surface area contributed by atoms with Crippen LogP contribution in [0.15, 0.2) is 75.7 Å². The van der Waals surface area contributed by atoms with Crippen LogP contribution in [0.1, 0.15) is 0 Å². The van der Waals surface area contributed by atoms with E-state index in [4.69, 9.17) is 0 Å². The summed E-state index contributed by atoms with van der Waals surface area (Å²) in [5.41, 5.74) is 3.82. The molecule has 6 aromatic rings. The molecule has 0 spiro atoms. The second kappa shape index (κ2) is 4.75. The van der Waals surface area contributed by atoms with Crippen molar-refractivity contribution in [1.82, 2.24) is 4.40 Å². The SMILES string of the molecule is Brc1ccc2c(c1)c1cccc3c4cccc5c(Br)ccc(c54)n2c31. The van der Waals surface area contributed by atoms with Gasteiger partial charge in [-0.2, -0.15) is 0 Å². The standard InChI is InChI=1S/C22H11Br2N/c23-12-7-9-19-17(11-12)15-5-2-4-14-13-3-1-6-16-18(24)8-10-20(21(13)16)25(19)22(14)15/h1-11H. The molecule has 0 amide bonds. The molecule has 3 heteroatoms. The molecule has 6 rings (SSSR count). The number of hydrogen-bond acceptors (Lipinski definition) is 0. The van der Waals surface area contributed by atoms with Gasteiger partial charge in [-0.1, -0.05) is 68.3 Å². The summed E-state index contributed by atoms with van der Waals surface area (Å²) < 4.78 is 4.68. The Morgan fingerprint density at radius 3 is 2.12 bits per heavy atom. The molecule has 0 saturated carbocycles. The van der Waals surface area contributed by atoms with Gasteiger partial charge < -0.3 is 4.40 Å². The largest absolute Gasteiger partial charge is 0.308 e. The Labute approximate surface area is 160 Å². The molecule has 25 heavy (non-hydrogen) atoms. The summed E-state index contributed by atoms with van der Waals surface area (Å²) in [4.78, 5) is 0. The highest BCUT2D eigenvalue weighted by atomic mass is 79.9. The van der Waals surface area contributed by atoms with E-state index in [2.05, 4.69) is 103 Å². The van der Waals surface area contributed by atoms with Crippen LogP contribution in [-0.2, 0) is 0 Å². The second-order valence-corrected chi connectivity index (χ2v) is 8.26. The van der Waals surface area contributed by atoms with Crippen LogP contribution in [0.2, 0.25) is 0 Å². The van der Waals surface area contributed by atoms with Crippen LogP contribution < -0.4 is 0 Å². The van der Waals surface area contributed by atoms with Gasteiger partial charge in [0.1, 0.15) is 0 Å². The van der Waals surface area contributed by atoms with Crippen molar-refractivity contribution >= 4 is 80.7 Å². The van der Waals surface area contributed by atoms with E-state index >= 15 is 0 Å². The lowest BCUT2D eigenvalue weighted by atomic mass is 9.99. The summed E-state index contributed by atoms with van der Waals surface area (Å²) in [6, 6.07) is 24.2. The monoisotopic (exact) mass is 447 g/mol. The number of hydrogen-bond donors (Lipinski definition) is 0. The third-order valence-electron chi connectivity index (χ3n) is 5.25. The third kappa shape index (κ3) is 1.68. The van der Waals surface area contributed by atoms with E-state index in [1.54, 1.807) is 0 Å². The van der Waals surface area contributed by atoms with E-state index in [1.165, 1.54) is 48.9 Å². The molecule has 4 aromatic carbocycles. The number of aromatic nitrogens is 1. The average Bonchev–Trinajstić information content (AvgIpc) is 2.96. The van der Waals surface area contributed by atoms with Gasteiger partial charge in [0, 0.05) is 30.5 Å². The summed E-state index contributed by atoms with van der Waals surface area (Å²) in [5, 5.41) is 7.79. The van der Waals surface area contributed by atoms with E-state index in [1.807, 2.05) is 0 Å². The van der Waals surface area contributed by atoms with Crippen LogP contribution in [-0.4, -0.2) is 4.40 Å². The van der Waals surface area contributed by atoms with Gasteiger partial charge >= 0.3 is 0 Å². The van der Waals surface area contributed by atoms with E-state index in [0.717, 1.165) is 8.95 Å². The summed E-state index contributed by atoms with van der Waals surface area (Å²) in [5.74, 6) is 0. The second-order valence-electron chi connectivity index (χ2n) is 6.49. The van der Waals surface area contributed by atoms with E-state index in [0.29, 0.717) is 0 Å². The summed E-state index contributed by atoms with van der Waals surface area (Å²) >= 11 is 7.36. The van der Waals surface area contributed by atoms with Crippen molar-refractivity contribution in [1.29, 1.82) is 0 Å². The molecule has 0 radical (unpaired) electrons. The van der Waals surface area contributed by atoms with Crippen LogP contribution in [0.25, 0.3) is 48.9 Å². The maximum absolute atomic E-state index is 3.73. The van der Waals surface area contributed by atoms with Crippen LogP contribution in [0, 0.1) is 0 Å². The molecule has 118 valence electrons. The molecule has 0 saturated heterocycles. The fourth-order valence-corrected chi connectivity index (χ4v) is 5.10. The highest BCUT2D eigenvalue weighted by Gasteiger charge is 2.17. The molecule has 1 nitrogen and oxygen atoms in total. The molecule has 0 bridgehead atoms. The van der Waals surface area contributed by atoms with Gasteiger partial charge in [-0.3, -0.25) is 0 Å². The molecule has 0 aliphatic carbocycles. The summed E-state index contributed by atoms with van der Waals surface area (Å²) in [6.45, 7) is 0. The Hall–Kier alpha value is -2.10. The maximum atomic E-state index is 3.73. The molecule has 0 N–H and O–H groups in total. The number of nitrogens with zero attached hydrogens (tertiary/aromatic N) is 1. The number of fused-ring (bicyclic) bond motifs is 5. The van der Waals surface area contributed by atoms with Crippen molar-refractivity contribution in [2.45, 2.75) is 0 Å². The molecule has 0 fully saturated rings. The summed E-state index contributed by atoms with van der Waals surface area (Å²) in [6.07, 6.45) is 0. The Morgan fingerprint density at radius 2 is 1.28 bits per heavy atom. The number of benzene rings is 4. The zero-order valence-corrected chi connectivity index (χ0v) is 16.2. The Bertz CT molecular complexity index is 1460. The molecule has 0 aliphatic heterocycles. The van der Waals surface area contributed by atoms with Gasteiger partial charge in [-0.05, 0) is 41.1 Å². The first-order chi connectivity index (χ1) is 12.2. The lowest BCUT2D eigenvalue weighted by Crippen LogP contribution is -1.92. The molecule has 0 aliphatic rings. The molecule has 2 heterocycles. The normalized spacial score (nSPS) is 12.4. The molecule has 0 unspecified atom stereocenters. The Kier molecular flexibility index (Phi) is 2.68. The topological polar surface area (TPSA) is 4.41 Å².